The Bertz CT molecular complexity index is 761. The molecule has 1 atom stereocenters. The summed E-state index contributed by atoms with van der Waals surface area (Å²) in [6, 6.07) is 15.2. The lowest BCUT2D eigenvalue weighted by Crippen LogP contribution is -2.12. The molecule has 0 radical (unpaired) electrons. The number of rotatable bonds is 9. The number of phenols is 1. The number of aliphatic carboxylic acids is 1. The smallest absolute Gasteiger partial charge is 0.327 e. The molecule has 4 nitrogen and oxygen atoms in total. The molecule has 0 unspecified atom stereocenters. The van der Waals surface area contributed by atoms with E-state index in [1.807, 2.05) is 36.4 Å². The molecular formula is C22H25NO3. The number of phenolic OH excluding ortho intramolecular Hbond substituents is 1. The van der Waals surface area contributed by atoms with Crippen LogP contribution >= 0.6 is 0 Å². The molecule has 0 aliphatic heterocycles. The maximum Gasteiger partial charge on any atom is 0.327 e. The Hall–Kier alpha value is -2.88. The minimum Gasteiger partial charge on any atom is -0.508 e. The summed E-state index contributed by atoms with van der Waals surface area (Å²) >= 11 is 0. The predicted molar refractivity (Wildman–Crippen MR) is 104 cm³/mol. The van der Waals surface area contributed by atoms with Gasteiger partial charge in [0.2, 0.25) is 0 Å². The lowest BCUT2D eigenvalue weighted by Gasteiger charge is -2.17. The van der Waals surface area contributed by atoms with Gasteiger partial charge < -0.3 is 15.6 Å². The van der Waals surface area contributed by atoms with Gasteiger partial charge in [-0.1, -0.05) is 49.4 Å². The topological polar surface area (TPSA) is 81.4 Å². The summed E-state index contributed by atoms with van der Waals surface area (Å²) < 4.78 is 0. The van der Waals surface area contributed by atoms with Gasteiger partial charge in [-0.15, -0.1) is 0 Å². The van der Waals surface area contributed by atoms with Crippen LogP contribution in [0.3, 0.4) is 0 Å². The van der Waals surface area contributed by atoms with E-state index in [0.29, 0.717) is 18.6 Å². The second kappa shape index (κ2) is 9.56. The first-order valence-corrected chi connectivity index (χ1v) is 8.83. The Balaban J connectivity index is 1.96. The van der Waals surface area contributed by atoms with Crippen LogP contribution in [-0.2, 0) is 17.6 Å². The predicted octanol–water partition coefficient (Wildman–Crippen LogP) is 4.72. The van der Waals surface area contributed by atoms with Crippen LogP contribution in [0.15, 0.2) is 60.7 Å². The van der Waals surface area contributed by atoms with Crippen LogP contribution in [0.1, 0.15) is 42.4 Å². The van der Waals surface area contributed by atoms with Crippen LogP contribution in [0.4, 0.5) is 0 Å². The van der Waals surface area contributed by atoms with E-state index in [9.17, 15) is 9.90 Å². The fourth-order valence-electron chi connectivity index (χ4n) is 2.98. The Labute approximate surface area is 154 Å². The lowest BCUT2D eigenvalue weighted by molar-refractivity contribution is -0.131. The summed E-state index contributed by atoms with van der Waals surface area (Å²) in [5.41, 5.74) is 3.99. The van der Waals surface area contributed by atoms with Crippen LogP contribution in [-0.4, -0.2) is 21.9 Å². The first-order chi connectivity index (χ1) is 12.5. The van der Waals surface area contributed by atoms with E-state index in [-0.39, 0.29) is 11.7 Å². The van der Waals surface area contributed by atoms with Crippen LogP contribution in [0, 0.1) is 5.41 Å². The Morgan fingerprint density at radius 2 is 1.69 bits per heavy atom. The van der Waals surface area contributed by atoms with Gasteiger partial charge in [0.15, 0.2) is 0 Å². The zero-order valence-corrected chi connectivity index (χ0v) is 15.0. The van der Waals surface area contributed by atoms with Crippen LogP contribution in [0.25, 0.3) is 0 Å². The molecule has 2 aromatic rings. The van der Waals surface area contributed by atoms with Gasteiger partial charge in [-0.05, 0) is 54.5 Å². The average molecular weight is 351 g/mol. The number of carboxylic acid groups (broad SMARTS) is 1. The SMILES string of the molecule is CC[C@H](C(=N)CCc1ccc(O)cc1)c1ccc(C/C=C/C(=O)O)cc1. The molecule has 0 saturated carbocycles. The van der Waals surface area contributed by atoms with Crippen molar-refractivity contribution in [1.29, 1.82) is 5.41 Å². The van der Waals surface area contributed by atoms with Crippen molar-refractivity contribution in [1.82, 2.24) is 0 Å². The van der Waals surface area contributed by atoms with Gasteiger partial charge in [-0.2, -0.15) is 0 Å². The molecule has 136 valence electrons. The fourth-order valence-corrected chi connectivity index (χ4v) is 2.98. The molecule has 0 aliphatic rings. The molecule has 0 bridgehead atoms. The molecule has 2 aromatic carbocycles. The normalized spacial score (nSPS) is 12.2. The molecule has 0 aliphatic carbocycles. The van der Waals surface area contributed by atoms with Crippen molar-refractivity contribution in [3.8, 4) is 5.75 Å². The highest BCUT2D eigenvalue weighted by Crippen LogP contribution is 2.24. The molecule has 0 aromatic heterocycles. The standard InChI is InChI=1S/C22H25NO3/c1-2-20(21(23)15-10-17-8-13-19(24)14-9-17)18-11-6-16(7-12-18)4-3-5-22(25)26/h3,5-9,11-14,20,23-24H,2,4,10,15H2,1H3,(H,25,26)/b5-3+,23-21?/t20-/m0/s1. The van der Waals surface area contributed by atoms with Gasteiger partial charge in [0.1, 0.15) is 5.75 Å². The molecule has 4 heteroatoms. The van der Waals surface area contributed by atoms with Crippen molar-refractivity contribution in [3.05, 3.63) is 77.4 Å². The van der Waals surface area contributed by atoms with Crippen LogP contribution in [0.2, 0.25) is 0 Å². The lowest BCUT2D eigenvalue weighted by atomic mass is 9.88. The van der Waals surface area contributed by atoms with E-state index in [1.54, 1.807) is 18.2 Å². The van der Waals surface area contributed by atoms with Gasteiger partial charge >= 0.3 is 5.97 Å². The molecular weight excluding hydrogens is 326 g/mol. The number of allylic oxidation sites excluding steroid dienone is 1. The van der Waals surface area contributed by atoms with E-state index in [0.717, 1.165) is 35.6 Å². The molecule has 0 heterocycles. The number of carboxylic acids is 1. The van der Waals surface area contributed by atoms with Crippen molar-refractivity contribution < 1.29 is 15.0 Å². The number of hydrogen-bond acceptors (Lipinski definition) is 3. The fraction of sp³-hybridized carbons (Fsp3) is 0.273. The van der Waals surface area contributed by atoms with Crippen molar-refractivity contribution in [2.24, 2.45) is 0 Å². The third kappa shape index (κ3) is 5.88. The van der Waals surface area contributed by atoms with Crippen molar-refractivity contribution in [2.45, 2.75) is 38.5 Å². The summed E-state index contributed by atoms with van der Waals surface area (Å²) in [7, 11) is 0. The largest absolute Gasteiger partial charge is 0.508 e. The Kier molecular flexibility index (Phi) is 7.15. The quantitative estimate of drug-likeness (QED) is 0.451. The number of carbonyl (C=O) groups is 1. The van der Waals surface area contributed by atoms with Gasteiger partial charge in [-0.25, -0.2) is 4.79 Å². The third-order valence-electron chi connectivity index (χ3n) is 4.44. The molecule has 0 amide bonds. The number of nitrogens with one attached hydrogen (secondary N) is 1. The van der Waals surface area contributed by atoms with Gasteiger partial charge in [0.25, 0.3) is 0 Å². The van der Waals surface area contributed by atoms with Crippen molar-refractivity contribution in [2.75, 3.05) is 0 Å². The van der Waals surface area contributed by atoms with E-state index in [1.165, 1.54) is 0 Å². The first kappa shape index (κ1) is 19.4. The van der Waals surface area contributed by atoms with Gasteiger partial charge in [0, 0.05) is 17.7 Å². The second-order valence-corrected chi connectivity index (χ2v) is 6.34. The van der Waals surface area contributed by atoms with E-state index in [2.05, 4.69) is 6.92 Å². The molecule has 2 rings (SSSR count). The van der Waals surface area contributed by atoms with Crippen LogP contribution in [0.5, 0.6) is 5.75 Å². The highest BCUT2D eigenvalue weighted by molar-refractivity contribution is 5.88. The number of aryl methyl sites for hydroxylation is 1. The van der Waals surface area contributed by atoms with Gasteiger partial charge in [0.05, 0.1) is 0 Å². The summed E-state index contributed by atoms with van der Waals surface area (Å²) in [6.45, 7) is 2.09. The molecule has 3 N–H and O–H groups in total. The zero-order chi connectivity index (χ0) is 18.9. The number of benzene rings is 2. The average Bonchev–Trinajstić information content (AvgIpc) is 2.63. The highest BCUT2D eigenvalue weighted by atomic mass is 16.4. The third-order valence-corrected chi connectivity index (χ3v) is 4.44. The highest BCUT2D eigenvalue weighted by Gasteiger charge is 2.15. The molecule has 0 saturated heterocycles. The minimum atomic E-state index is -0.935. The number of hydrogen-bond donors (Lipinski definition) is 3. The van der Waals surface area contributed by atoms with Crippen molar-refractivity contribution >= 4 is 11.7 Å². The van der Waals surface area contributed by atoms with Crippen LogP contribution < -0.4 is 0 Å². The first-order valence-electron chi connectivity index (χ1n) is 8.83. The minimum absolute atomic E-state index is 0.0933. The van der Waals surface area contributed by atoms with E-state index in [4.69, 9.17) is 10.5 Å². The second-order valence-electron chi connectivity index (χ2n) is 6.34. The molecule has 0 fully saturated rings. The Morgan fingerprint density at radius 1 is 1.08 bits per heavy atom. The summed E-state index contributed by atoms with van der Waals surface area (Å²) in [5, 5.41) is 26.4. The van der Waals surface area contributed by atoms with Crippen molar-refractivity contribution in [3.63, 3.8) is 0 Å². The molecule has 26 heavy (non-hydrogen) atoms. The summed E-state index contributed by atoms with van der Waals surface area (Å²) in [6.07, 6.45) is 5.71. The van der Waals surface area contributed by atoms with Gasteiger partial charge in [-0.3, -0.25) is 0 Å². The maximum absolute atomic E-state index is 10.5. The monoisotopic (exact) mass is 351 g/mol. The summed E-state index contributed by atoms with van der Waals surface area (Å²) in [5.74, 6) is -0.584. The zero-order valence-electron chi connectivity index (χ0n) is 15.0. The number of aromatic hydroxyl groups is 1. The summed E-state index contributed by atoms with van der Waals surface area (Å²) in [4.78, 5) is 10.5. The van der Waals surface area contributed by atoms with E-state index < -0.39 is 5.97 Å². The maximum atomic E-state index is 10.5. The van der Waals surface area contributed by atoms with E-state index >= 15 is 0 Å². The molecule has 0 spiro atoms. The Morgan fingerprint density at radius 3 is 2.27 bits per heavy atom.